The zero-order chi connectivity index (χ0) is 20.1. The molecular formula is C19H17N5O4. The van der Waals surface area contributed by atoms with Crippen molar-refractivity contribution in [2.45, 2.75) is 6.92 Å². The van der Waals surface area contributed by atoms with Crippen molar-refractivity contribution in [3.63, 3.8) is 0 Å². The fourth-order valence-electron chi connectivity index (χ4n) is 2.52. The minimum absolute atomic E-state index is 0.0295. The van der Waals surface area contributed by atoms with Gasteiger partial charge in [0.1, 0.15) is 6.33 Å². The molecule has 2 N–H and O–H groups in total. The molecular weight excluding hydrogens is 362 g/mol. The van der Waals surface area contributed by atoms with Crippen molar-refractivity contribution in [1.82, 2.24) is 9.97 Å². The SMILES string of the molecule is COC(=O)c1ccc(Nc2ncnc(Nc3ccccc3C)c2[N+](=O)[O-])cc1. The van der Waals surface area contributed by atoms with Crippen LogP contribution < -0.4 is 10.6 Å². The number of hydrogen-bond donors (Lipinski definition) is 2. The van der Waals surface area contributed by atoms with Gasteiger partial charge in [0, 0.05) is 11.4 Å². The Hall–Kier alpha value is -4.01. The van der Waals surface area contributed by atoms with Crippen molar-refractivity contribution in [1.29, 1.82) is 0 Å². The summed E-state index contributed by atoms with van der Waals surface area (Å²) in [6, 6.07) is 13.7. The van der Waals surface area contributed by atoms with E-state index in [0.29, 0.717) is 16.9 Å². The Kier molecular flexibility index (Phi) is 5.45. The highest BCUT2D eigenvalue weighted by atomic mass is 16.6. The van der Waals surface area contributed by atoms with Gasteiger partial charge in [0.2, 0.25) is 11.6 Å². The van der Waals surface area contributed by atoms with Gasteiger partial charge in [0.15, 0.2) is 0 Å². The zero-order valence-corrected chi connectivity index (χ0v) is 15.2. The standard InChI is InChI=1S/C19H17N5O4/c1-12-5-3-4-6-15(12)23-18-16(24(26)27)17(20-11-21-18)22-14-9-7-13(8-10-14)19(25)28-2/h3-11H,1-2H3,(H2,20,21,22,23). The molecule has 9 nitrogen and oxygen atoms in total. The van der Waals surface area contributed by atoms with E-state index in [4.69, 9.17) is 0 Å². The molecule has 142 valence electrons. The zero-order valence-electron chi connectivity index (χ0n) is 15.2. The van der Waals surface area contributed by atoms with Crippen molar-refractivity contribution in [2.24, 2.45) is 0 Å². The van der Waals surface area contributed by atoms with Gasteiger partial charge in [-0.15, -0.1) is 0 Å². The Labute approximate surface area is 160 Å². The first kappa shape index (κ1) is 18.8. The minimum Gasteiger partial charge on any atom is -0.465 e. The van der Waals surface area contributed by atoms with Gasteiger partial charge in [-0.1, -0.05) is 18.2 Å². The maximum Gasteiger partial charge on any atom is 0.353 e. The third-order valence-corrected chi connectivity index (χ3v) is 3.97. The molecule has 3 aromatic rings. The number of anilines is 4. The highest BCUT2D eigenvalue weighted by Crippen LogP contribution is 2.33. The number of hydrogen-bond acceptors (Lipinski definition) is 8. The molecule has 28 heavy (non-hydrogen) atoms. The monoisotopic (exact) mass is 379 g/mol. The maximum absolute atomic E-state index is 11.7. The van der Waals surface area contributed by atoms with E-state index < -0.39 is 10.9 Å². The number of ether oxygens (including phenoxy) is 1. The van der Waals surface area contributed by atoms with Crippen LogP contribution >= 0.6 is 0 Å². The van der Waals surface area contributed by atoms with Crippen LogP contribution in [0.3, 0.4) is 0 Å². The van der Waals surface area contributed by atoms with E-state index >= 15 is 0 Å². The quantitative estimate of drug-likeness (QED) is 0.375. The normalized spacial score (nSPS) is 10.2. The van der Waals surface area contributed by atoms with Gasteiger partial charge >= 0.3 is 11.7 Å². The number of nitrogens with one attached hydrogen (secondary N) is 2. The third kappa shape index (κ3) is 4.04. The molecule has 9 heteroatoms. The molecule has 0 atom stereocenters. The van der Waals surface area contributed by atoms with E-state index in [9.17, 15) is 14.9 Å². The second-order valence-corrected chi connectivity index (χ2v) is 5.81. The van der Waals surface area contributed by atoms with E-state index in [2.05, 4.69) is 25.3 Å². The Balaban J connectivity index is 1.92. The Morgan fingerprint density at radius 3 is 2.29 bits per heavy atom. The minimum atomic E-state index is -0.550. The van der Waals surface area contributed by atoms with Crippen molar-refractivity contribution >= 4 is 34.7 Å². The lowest BCUT2D eigenvalue weighted by Gasteiger charge is -2.11. The van der Waals surface area contributed by atoms with Crippen LogP contribution in [0.25, 0.3) is 0 Å². The highest BCUT2D eigenvalue weighted by Gasteiger charge is 2.23. The van der Waals surface area contributed by atoms with Crippen LogP contribution in [0.15, 0.2) is 54.9 Å². The molecule has 0 bridgehead atoms. The first-order valence-electron chi connectivity index (χ1n) is 8.27. The lowest BCUT2D eigenvalue weighted by atomic mass is 10.2. The molecule has 3 rings (SSSR count). The molecule has 0 aliphatic carbocycles. The topological polar surface area (TPSA) is 119 Å². The van der Waals surface area contributed by atoms with Crippen molar-refractivity contribution < 1.29 is 14.5 Å². The summed E-state index contributed by atoms with van der Waals surface area (Å²) in [6.45, 7) is 1.89. The van der Waals surface area contributed by atoms with E-state index in [1.54, 1.807) is 30.3 Å². The summed E-state index contributed by atoms with van der Waals surface area (Å²) < 4.78 is 4.65. The van der Waals surface area contributed by atoms with Crippen LogP contribution in [-0.4, -0.2) is 28.0 Å². The molecule has 0 aliphatic heterocycles. The molecule has 0 saturated heterocycles. The van der Waals surface area contributed by atoms with Crippen molar-refractivity contribution in [2.75, 3.05) is 17.7 Å². The average Bonchev–Trinajstić information content (AvgIpc) is 2.69. The Morgan fingerprint density at radius 2 is 1.68 bits per heavy atom. The molecule has 0 spiro atoms. The lowest BCUT2D eigenvalue weighted by Crippen LogP contribution is -2.06. The number of methoxy groups -OCH3 is 1. The van der Waals surface area contributed by atoms with Crippen LogP contribution in [0.5, 0.6) is 0 Å². The number of carbonyl (C=O) groups excluding carboxylic acids is 1. The molecule has 2 aromatic carbocycles. The van der Waals surface area contributed by atoms with E-state index in [1.165, 1.54) is 13.4 Å². The second kappa shape index (κ2) is 8.12. The van der Waals surface area contributed by atoms with Gasteiger partial charge in [0.25, 0.3) is 0 Å². The fourth-order valence-corrected chi connectivity index (χ4v) is 2.52. The van der Waals surface area contributed by atoms with E-state index in [0.717, 1.165) is 5.56 Å². The summed E-state index contributed by atoms with van der Waals surface area (Å²) in [5, 5.41) is 17.6. The lowest BCUT2D eigenvalue weighted by molar-refractivity contribution is -0.383. The van der Waals surface area contributed by atoms with Crippen LogP contribution in [0, 0.1) is 17.0 Å². The van der Waals surface area contributed by atoms with E-state index in [1.807, 2.05) is 25.1 Å². The molecule has 0 unspecified atom stereocenters. The van der Waals surface area contributed by atoms with E-state index in [-0.39, 0.29) is 17.3 Å². The van der Waals surface area contributed by atoms with Gasteiger partial charge in [0.05, 0.1) is 17.6 Å². The predicted octanol–water partition coefficient (Wildman–Crippen LogP) is 3.97. The third-order valence-electron chi connectivity index (χ3n) is 3.97. The summed E-state index contributed by atoms with van der Waals surface area (Å²) >= 11 is 0. The largest absolute Gasteiger partial charge is 0.465 e. The average molecular weight is 379 g/mol. The van der Waals surface area contributed by atoms with Gasteiger partial charge in [-0.05, 0) is 42.8 Å². The molecule has 1 aromatic heterocycles. The van der Waals surface area contributed by atoms with Crippen LogP contribution in [0.2, 0.25) is 0 Å². The number of nitro groups is 1. The fraction of sp³-hybridized carbons (Fsp3) is 0.105. The summed E-state index contributed by atoms with van der Waals surface area (Å²) in [7, 11) is 1.29. The number of esters is 1. The Bertz CT molecular complexity index is 1020. The summed E-state index contributed by atoms with van der Waals surface area (Å²) in [5.74, 6) is -0.367. The maximum atomic E-state index is 11.7. The van der Waals surface area contributed by atoms with Gasteiger partial charge < -0.3 is 15.4 Å². The first-order chi connectivity index (χ1) is 13.5. The number of aromatic nitrogens is 2. The van der Waals surface area contributed by atoms with Gasteiger partial charge in [-0.3, -0.25) is 10.1 Å². The molecule has 0 saturated carbocycles. The first-order valence-corrected chi connectivity index (χ1v) is 8.27. The summed E-state index contributed by atoms with van der Waals surface area (Å²) in [4.78, 5) is 30.7. The van der Waals surface area contributed by atoms with Crippen LogP contribution in [-0.2, 0) is 4.74 Å². The molecule has 0 radical (unpaired) electrons. The number of rotatable bonds is 6. The van der Waals surface area contributed by atoms with Crippen LogP contribution in [0.1, 0.15) is 15.9 Å². The molecule has 0 aliphatic rings. The summed E-state index contributed by atoms with van der Waals surface area (Å²) in [6.07, 6.45) is 1.23. The van der Waals surface area contributed by atoms with Crippen molar-refractivity contribution in [3.8, 4) is 0 Å². The number of aryl methyl sites for hydroxylation is 1. The highest BCUT2D eigenvalue weighted by molar-refractivity contribution is 5.90. The van der Waals surface area contributed by atoms with Gasteiger partial charge in [-0.25, -0.2) is 14.8 Å². The number of nitrogens with zero attached hydrogens (tertiary/aromatic N) is 3. The molecule has 1 heterocycles. The number of para-hydroxylation sites is 1. The second-order valence-electron chi connectivity index (χ2n) is 5.81. The Morgan fingerprint density at radius 1 is 1.04 bits per heavy atom. The predicted molar refractivity (Wildman–Crippen MR) is 104 cm³/mol. The number of benzene rings is 2. The number of carbonyl (C=O) groups is 1. The smallest absolute Gasteiger partial charge is 0.353 e. The molecule has 0 fully saturated rings. The molecule has 0 amide bonds. The van der Waals surface area contributed by atoms with Gasteiger partial charge in [-0.2, -0.15) is 0 Å². The van der Waals surface area contributed by atoms with Crippen LogP contribution in [0.4, 0.5) is 28.7 Å². The summed E-state index contributed by atoms with van der Waals surface area (Å²) in [5.41, 5.74) is 2.23. The van der Waals surface area contributed by atoms with Crippen molar-refractivity contribution in [3.05, 3.63) is 76.1 Å².